The molecule has 2 atom stereocenters. The van der Waals surface area contributed by atoms with Gasteiger partial charge in [0.1, 0.15) is 5.76 Å². The molecule has 0 amide bonds. The van der Waals surface area contributed by atoms with E-state index >= 15 is 0 Å². The third-order valence-electron chi connectivity index (χ3n) is 3.40. The Balaban J connectivity index is 2.00. The van der Waals surface area contributed by atoms with Crippen molar-refractivity contribution >= 4 is 0 Å². The number of hydrogen-bond donors (Lipinski definition) is 2. The molecule has 0 saturated carbocycles. The van der Waals surface area contributed by atoms with E-state index in [4.69, 9.17) is 4.42 Å². The molecule has 2 N–H and O–H groups in total. The number of rotatable bonds is 5. The Morgan fingerprint density at radius 3 is 2.68 bits per heavy atom. The van der Waals surface area contributed by atoms with Crippen molar-refractivity contribution in [3.05, 3.63) is 59.0 Å². The fourth-order valence-corrected chi connectivity index (χ4v) is 2.21. The number of aliphatic hydroxyl groups excluding tert-OH is 1. The van der Waals surface area contributed by atoms with Gasteiger partial charge in [0.15, 0.2) is 0 Å². The molecule has 0 aliphatic heterocycles. The van der Waals surface area contributed by atoms with Gasteiger partial charge in [-0.15, -0.1) is 0 Å². The van der Waals surface area contributed by atoms with E-state index in [1.54, 1.807) is 6.26 Å². The van der Waals surface area contributed by atoms with Crippen molar-refractivity contribution < 1.29 is 9.52 Å². The first-order chi connectivity index (χ1) is 9.08. The molecule has 3 nitrogen and oxygen atoms in total. The van der Waals surface area contributed by atoms with Crippen LogP contribution in [0.15, 0.2) is 41.0 Å². The highest BCUT2D eigenvalue weighted by Crippen LogP contribution is 2.22. The highest BCUT2D eigenvalue weighted by molar-refractivity contribution is 5.32. The quantitative estimate of drug-likeness (QED) is 0.867. The molecular weight excluding hydrogens is 238 g/mol. The number of aliphatic hydroxyl groups is 1. The van der Waals surface area contributed by atoms with Gasteiger partial charge in [0, 0.05) is 6.04 Å². The number of benzene rings is 1. The number of hydrogen-bond acceptors (Lipinski definition) is 3. The maximum absolute atomic E-state index is 10.4. The molecule has 2 aromatic rings. The SMILES string of the molecule is Cc1ccc(C(O)C(C)NCc2ccco2)c(C)c1. The Morgan fingerprint density at radius 1 is 1.26 bits per heavy atom. The fraction of sp³-hybridized carbons (Fsp3) is 0.375. The molecule has 1 heterocycles. The van der Waals surface area contributed by atoms with Crippen LogP contribution in [-0.4, -0.2) is 11.1 Å². The Hall–Kier alpha value is -1.58. The predicted molar refractivity (Wildman–Crippen MR) is 75.9 cm³/mol. The maximum Gasteiger partial charge on any atom is 0.117 e. The molecule has 2 rings (SSSR count). The molecule has 0 aliphatic carbocycles. The standard InChI is InChI=1S/C16H21NO2/c1-11-6-7-15(12(2)9-11)16(18)13(3)17-10-14-5-4-8-19-14/h4-9,13,16-18H,10H2,1-3H3. The van der Waals surface area contributed by atoms with Crippen molar-refractivity contribution in [2.24, 2.45) is 0 Å². The first-order valence-electron chi connectivity index (χ1n) is 6.59. The minimum atomic E-state index is -0.518. The van der Waals surface area contributed by atoms with Crippen LogP contribution in [0.3, 0.4) is 0 Å². The average Bonchev–Trinajstić information content (AvgIpc) is 2.88. The largest absolute Gasteiger partial charge is 0.468 e. The van der Waals surface area contributed by atoms with Gasteiger partial charge in [0.05, 0.1) is 18.9 Å². The smallest absolute Gasteiger partial charge is 0.117 e. The summed E-state index contributed by atoms with van der Waals surface area (Å²) in [4.78, 5) is 0. The average molecular weight is 259 g/mol. The van der Waals surface area contributed by atoms with Gasteiger partial charge >= 0.3 is 0 Å². The Kier molecular flexibility index (Phi) is 4.40. The molecule has 102 valence electrons. The first kappa shape index (κ1) is 13.8. The molecule has 1 aromatic heterocycles. The minimum absolute atomic E-state index is 0.0356. The van der Waals surface area contributed by atoms with Crippen LogP contribution in [0.2, 0.25) is 0 Å². The lowest BCUT2D eigenvalue weighted by Crippen LogP contribution is -2.32. The topological polar surface area (TPSA) is 45.4 Å². The lowest BCUT2D eigenvalue weighted by Gasteiger charge is -2.22. The van der Waals surface area contributed by atoms with Gasteiger partial charge in [-0.3, -0.25) is 0 Å². The number of furan rings is 1. The summed E-state index contributed by atoms with van der Waals surface area (Å²) in [5.41, 5.74) is 3.31. The predicted octanol–water partition coefficient (Wildman–Crippen LogP) is 3.11. The van der Waals surface area contributed by atoms with Gasteiger partial charge in [-0.25, -0.2) is 0 Å². The maximum atomic E-state index is 10.4. The second-order valence-electron chi connectivity index (χ2n) is 5.05. The summed E-state index contributed by atoms with van der Waals surface area (Å²) in [6, 6.07) is 9.88. The van der Waals surface area contributed by atoms with Crippen molar-refractivity contribution in [1.29, 1.82) is 0 Å². The zero-order valence-corrected chi connectivity index (χ0v) is 11.7. The Bertz CT molecular complexity index is 520. The van der Waals surface area contributed by atoms with E-state index in [-0.39, 0.29) is 6.04 Å². The van der Waals surface area contributed by atoms with Crippen LogP contribution in [0.4, 0.5) is 0 Å². The van der Waals surface area contributed by atoms with E-state index in [9.17, 15) is 5.11 Å². The van der Waals surface area contributed by atoms with E-state index < -0.39 is 6.10 Å². The highest BCUT2D eigenvalue weighted by atomic mass is 16.3. The lowest BCUT2D eigenvalue weighted by molar-refractivity contribution is 0.133. The van der Waals surface area contributed by atoms with Crippen LogP contribution in [0.25, 0.3) is 0 Å². The summed E-state index contributed by atoms with van der Waals surface area (Å²) in [7, 11) is 0. The normalized spacial score (nSPS) is 14.3. The van der Waals surface area contributed by atoms with Gasteiger partial charge in [0.2, 0.25) is 0 Å². The Labute approximate surface area is 114 Å². The van der Waals surface area contributed by atoms with Crippen molar-refractivity contribution in [3.63, 3.8) is 0 Å². The molecule has 3 heteroatoms. The summed E-state index contributed by atoms with van der Waals surface area (Å²) >= 11 is 0. The molecule has 1 aromatic carbocycles. The number of aryl methyl sites for hydroxylation is 2. The molecule has 0 fully saturated rings. The van der Waals surface area contributed by atoms with E-state index in [0.717, 1.165) is 16.9 Å². The molecule has 0 aliphatic rings. The van der Waals surface area contributed by atoms with Crippen molar-refractivity contribution in [1.82, 2.24) is 5.32 Å². The van der Waals surface area contributed by atoms with E-state index in [0.29, 0.717) is 6.54 Å². The first-order valence-corrected chi connectivity index (χ1v) is 6.59. The second kappa shape index (κ2) is 6.04. The van der Waals surface area contributed by atoms with Crippen molar-refractivity contribution in [2.75, 3.05) is 0 Å². The van der Waals surface area contributed by atoms with Gasteiger partial charge < -0.3 is 14.8 Å². The van der Waals surface area contributed by atoms with Crippen LogP contribution in [0.1, 0.15) is 35.5 Å². The number of nitrogens with one attached hydrogen (secondary N) is 1. The summed E-state index contributed by atoms with van der Waals surface area (Å²) < 4.78 is 5.26. The van der Waals surface area contributed by atoms with E-state index in [1.807, 2.05) is 38.1 Å². The molecule has 0 spiro atoms. The molecule has 19 heavy (non-hydrogen) atoms. The second-order valence-corrected chi connectivity index (χ2v) is 5.05. The third kappa shape index (κ3) is 3.46. The Morgan fingerprint density at radius 2 is 2.05 bits per heavy atom. The van der Waals surface area contributed by atoms with E-state index in [2.05, 4.69) is 18.3 Å². The van der Waals surface area contributed by atoms with E-state index in [1.165, 1.54) is 5.56 Å². The van der Waals surface area contributed by atoms with Gasteiger partial charge in [-0.2, -0.15) is 0 Å². The highest BCUT2D eigenvalue weighted by Gasteiger charge is 2.17. The summed E-state index contributed by atoms with van der Waals surface area (Å²) in [6.45, 7) is 6.69. The van der Waals surface area contributed by atoms with Crippen LogP contribution < -0.4 is 5.32 Å². The van der Waals surface area contributed by atoms with Gasteiger partial charge in [-0.1, -0.05) is 23.8 Å². The van der Waals surface area contributed by atoms with Gasteiger partial charge in [0.25, 0.3) is 0 Å². The van der Waals surface area contributed by atoms with Crippen LogP contribution >= 0.6 is 0 Å². The third-order valence-corrected chi connectivity index (χ3v) is 3.40. The lowest BCUT2D eigenvalue weighted by atomic mass is 9.97. The van der Waals surface area contributed by atoms with Crippen LogP contribution in [0.5, 0.6) is 0 Å². The summed E-state index contributed by atoms with van der Waals surface area (Å²) in [5, 5.41) is 13.7. The van der Waals surface area contributed by atoms with Crippen molar-refractivity contribution in [2.45, 2.75) is 39.5 Å². The minimum Gasteiger partial charge on any atom is -0.468 e. The molecule has 0 saturated heterocycles. The zero-order valence-electron chi connectivity index (χ0n) is 11.7. The van der Waals surface area contributed by atoms with Crippen LogP contribution in [0, 0.1) is 13.8 Å². The molecule has 0 bridgehead atoms. The summed E-state index contributed by atoms with van der Waals surface area (Å²) in [6.07, 6.45) is 1.14. The van der Waals surface area contributed by atoms with Crippen molar-refractivity contribution in [3.8, 4) is 0 Å². The van der Waals surface area contributed by atoms with Gasteiger partial charge in [-0.05, 0) is 44.0 Å². The molecule has 2 unspecified atom stereocenters. The molecular formula is C16H21NO2. The fourth-order valence-electron chi connectivity index (χ4n) is 2.21. The monoisotopic (exact) mass is 259 g/mol. The zero-order chi connectivity index (χ0) is 13.8. The molecule has 0 radical (unpaired) electrons. The van der Waals surface area contributed by atoms with Crippen LogP contribution in [-0.2, 0) is 6.54 Å². The summed E-state index contributed by atoms with van der Waals surface area (Å²) in [5.74, 6) is 0.875.